The van der Waals surface area contributed by atoms with Crippen molar-refractivity contribution < 1.29 is 22.0 Å². The minimum absolute atomic E-state index is 0.0644. The van der Waals surface area contributed by atoms with Crippen LogP contribution in [0.2, 0.25) is 0 Å². The number of nitrogens with zero attached hydrogens (tertiary/aromatic N) is 15. The number of benzene rings is 6. The first kappa shape index (κ1) is 59.6. The van der Waals surface area contributed by atoms with E-state index in [2.05, 4.69) is 132 Å². The molecule has 0 atom stereocenters. The van der Waals surface area contributed by atoms with Gasteiger partial charge in [-0.2, -0.15) is 15.0 Å². The van der Waals surface area contributed by atoms with Crippen LogP contribution in [-0.4, -0.2) is 84.3 Å². The average molecular weight is 1260 g/mol. The fraction of sp³-hybridized carbons (Fsp3) is 0.301. The van der Waals surface area contributed by atoms with E-state index in [-0.39, 0.29) is 28.8 Å². The van der Waals surface area contributed by atoms with E-state index >= 15 is 4.39 Å². The highest BCUT2D eigenvalue weighted by atomic mass is 19.3. The van der Waals surface area contributed by atoms with Crippen molar-refractivity contribution in [3.8, 4) is 35.5 Å². The molecule has 0 bridgehead atoms. The van der Waals surface area contributed by atoms with E-state index in [9.17, 15) is 17.6 Å². The van der Waals surface area contributed by atoms with Gasteiger partial charge in [-0.1, -0.05) is 65.9 Å². The predicted molar refractivity (Wildman–Crippen MR) is 354 cm³/mol. The molecular formula is C73H63F5N16. The molecule has 0 saturated heterocycles. The van der Waals surface area contributed by atoms with Crippen molar-refractivity contribution in [3.63, 3.8) is 0 Å². The van der Waals surface area contributed by atoms with Gasteiger partial charge in [0.1, 0.15) is 47.1 Å². The van der Waals surface area contributed by atoms with Crippen molar-refractivity contribution in [2.45, 2.75) is 105 Å². The lowest BCUT2D eigenvalue weighted by atomic mass is 9.93. The summed E-state index contributed by atoms with van der Waals surface area (Å²) < 4.78 is 77.2. The number of aromatic nitrogens is 12. The molecule has 12 aromatic rings. The summed E-state index contributed by atoms with van der Waals surface area (Å²) in [6, 6.07) is 32.7. The molecule has 6 aromatic carbocycles. The Bertz CT molecular complexity index is 5270. The van der Waals surface area contributed by atoms with E-state index in [0.29, 0.717) is 64.9 Å². The molecule has 470 valence electrons. The maximum atomic E-state index is 15.1. The third kappa shape index (κ3) is 10.8. The normalized spacial score (nSPS) is 15.6. The molecule has 0 amide bonds. The average Bonchev–Trinajstić information content (AvgIpc) is 1.74. The number of hydrogen-bond donors (Lipinski definition) is 1. The van der Waals surface area contributed by atoms with Gasteiger partial charge in [-0.3, -0.25) is 8.80 Å². The topological polar surface area (TPSA) is 165 Å². The number of hydrogen-bond acceptors (Lipinski definition) is 13. The third-order valence-electron chi connectivity index (χ3n) is 18.1. The summed E-state index contributed by atoms with van der Waals surface area (Å²) in [5.41, 5.74) is 15.8. The van der Waals surface area contributed by atoms with Gasteiger partial charge in [0, 0.05) is 82.4 Å². The van der Waals surface area contributed by atoms with Crippen molar-refractivity contribution in [1.82, 2.24) is 58.7 Å². The summed E-state index contributed by atoms with van der Waals surface area (Å²) >= 11 is 0. The summed E-state index contributed by atoms with van der Waals surface area (Å²) in [6.45, 7) is 11.4. The van der Waals surface area contributed by atoms with Gasteiger partial charge in [-0.15, -0.1) is 30.6 Å². The molecule has 3 aliphatic heterocycles. The summed E-state index contributed by atoms with van der Waals surface area (Å²) in [7, 11) is 0. The molecular weight excluding hydrogens is 1200 g/mol. The summed E-state index contributed by atoms with van der Waals surface area (Å²) in [4.78, 5) is 20.5. The fourth-order valence-corrected chi connectivity index (χ4v) is 13.1. The second kappa shape index (κ2) is 23.1. The maximum Gasteiger partial charge on any atom is 0.261 e. The van der Waals surface area contributed by atoms with Crippen LogP contribution in [0.5, 0.6) is 0 Å². The molecule has 2 fully saturated rings. The van der Waals surface area contributed by atoms with E-state index in [1.54, 1.807) is 34.7 Å². The molecule has 2 saturated carbocycles. The van der Waals surface area contributed by atoms with Gasteiger partial charge in [0.05, 0.1) is 27.4 Å². The minimum Gasteiger partial charge on any atom is -0.368 e. The van der Waals surface area contributed by atoms with Crippen molar-refractivity contribution >= 4 is 90.5 Å². The van der Waals surface area contributed by atoms with Gasteiger partial charge in [0.25, 0.3) is 23.3 Å². The van der Waals surface area contributed by atoms with Crippen LogP contribution < -0.4 is 20.4 Å². The summed E-state index contributed by atoms with van der Waals surface area (Å²) in [6.07, 6.45) is 10.2. The van der Waals surface area contributed by atoms with Crippen molar-refractivity contribution in [2.75, 3.05) is 40.1 Å². The number of halogens is 5. The molecule has 6 aromatic heterocycles. The van der Waals surface area contributed by atoms with Gasteiger partial charge < -0.3 is 20.4 Å². The zero-order chi connectivity index (χ0) is 64.8. The highest BCUT2D eigenvalue weighted by molar-refractivity contribution is 5.97. The highest BCUT2D eigenvalue weighted by Gasteiger charge is 2.58. The van der Waals surface area contributed by atoms with Gasteiger partial charge in [-0.05, 0) is 187 Å². The molecule has 0 unspecified atom stereocenters. The number of aryl methyl sites for hydroxylation is 1. The standard InChI is InChI=1S/C25H21F3N6.C24H20FN5.C24H22FN5/c1-24(27,28)25(12-13-25)11-10-15-5-2-8-18-16(15)6-4-14-33(18)21-20-17(26)7-3-9-19(20)34-22(29)31-32-23(34)30-21;1-15-27-28-24-26-23(20-14-18(25)11-12-22(20)30(15)24)29-13-3-5-19-17(4-2-6-21(19)29)10-9-16-7-8-16;1-24(2,3)13-12-16-7-4-11-20-17(16)9-6-14-29(20)22-18-8-5-10-19(25)21(18)30-15-26-28-23(30)27-22/h2-3,5,7-9H,4,6,12-14H2,1H3,(H2,29,31);2,4,6,11-12,14,16H,3,5,7-8,13H2,1H3;4-5,7-8,10-11,15H,6,9,14H2,1-3H3. The van der Waals surface area contributed by atoms with E-state index in [1.807, 2.05) is 46.6 Å². The zero-order valence-corrected chi connectivity index (χ0v) is 52.4. The van der Waals surface area contributed by atoms with Gasteiger partial charge in [0.15, 0.2) is 0 Å². The molecule has 17 rings (SSSR count). The number of fused-ring (bicyclic) bond motifs is 12. The van der Waals surface area contributed by atoms with Crippen molar-refractivity contribution in [1.29, 1.82) is 0 Å². The third-order valence-corrected chi connectivity index (χ3v) is 18.1. The Balaban J connectivity index is 0.000000117. The molecule has 0 spiro atoms. The van der Waals surface area contributed by atoms with E-state index in [0.717, 1.165) is 126 Å². The largest absolute Gasteiger partial charge is 0.368 e. The number of alkyl halides is 2. The van der Waals surface area contributed by atoms with Gasteiger partial charge in [0.2, 0.25) is 5.95 Å². The van der Waals surface area contributed by atoms with Crippen LogP contribution in [-0.2, 0) is 19.3 Å². The van der Waals surface area contributed by atoms with Crippen LogP contribution in [0.3, 0.4) is 0 Å². The first-order valence-corrected chi connectivity index (χ1v) is 31.7. The van der Waals surface area contributed by atoms with Crippen LogP contribution in [0.25, 0.3) is 50.0 Å². The smallest absolute Gasteiger partial charge is 0.261 e. The maximum absolute atomic E-state index is 15.1. The van der Waals surface area contributed by atoms with E-state index in [1.165, 1.54) is 52.9 Å². The number of rotatable bonds is 4. The Morgan fingerprint density at radius 2 is 1.13 bits per heavy atom. The second-order valence-electron chi connectivity index (χ2n) is 25.8. The Kier molecular flexibility index (Phi) is 14.7. The first-order chi connectivity index (χ1) is 45.4. The van der Waals surface area contributed by atoms with Gasteiger partial charge in [-0.25, -0.2) is 26.4 Å². The Hall–Kier alpha value is -10.7. The monoisotopic (exact) mass is 1260 g/mol. The van der Waals surface area contributed by atoms with Crippen LogP contribution in [0.1, 0.15) is 112 Å². The van der Waals surface area contributed by atoms with E-state index in [4.69, 9.17) is 15.7 Å². The summed E-state index contributed by atoms with van der Waals surface area (Å²) in [5.74, 6) is 20.0. The quantitative estimate of drug-likeness (QED) is 0.131. The predicted octanol–water partition coefficient (Wildman–Crippen LogP) is 14.3. The zero-order valence-electron chi connectivity index (χ0n) is 52.4. The minimum atomic E-state index is -2.84. The lowest BCUT2D eigenvalue weighted by Gasteiger charge is -2.32. The Morgan fingerprint density at radius 1 is 0.564 bits per heavy atom. The second-order valence-corrected chi connectivity index (χ2v) is 25.8. The Morgan fingerprint density at radius 3 is 1.77 bits per heavy atom. The number of nitrogen functional groups attached to an aromatic ring is 1. The Labute approximate surface area is 538 Å². The number of para-hydroxylation sites is 1. The highest BCUT2D eigenvalue weighted by Crippen LogP contribution is 2.56. The molecule has 5 aliphatic rings. The molecule has 21 heteroatoms. The van der Waals surface area contributed by atoms with E-state index < -0.39 is 17.2 Å². The number of nitrogens with two attached hydrogens (primary N) is 1. The molecule has 0 radical (unpaired) electrons. The van der Waals surface area contributed by atoms with Crippen LogP contribution in [0.4, 0.5) is 62.4 Å². The summed E-state index contributed by atoms with van der Waals surface area (Å²) in [5, 5.41) is 26.2. The van der Waals surface area contributed by atoms with Crippen molar-refractivity contribution in [2.24, 2.45) is 16.7 Å². The van der Waals surface area contributed by atoms with Crippen LogP contribution >= 0.6 is 0 Å². The molecule has 2 aliphatic carbocycles. The lowest BCUT2D eigenvalue weighted by molar-refractivity contribution is -0.0294. The fourth-order valence-electron chi connectivity index (χ4n) is 13.1. The molecule has 2 N–H and O–H groups in total. The first-order valence-electron chi connectivity index (χ1n) is 31.7. The molecule has 94 heavy (non-hydrogen) atoms. The number of anilines is 7. The molecule has 9 heterocycles. The molecule has 16 nitrogen and oxygen atoms in total. The lowest BCUT2D eigenvalue weighted by Crippen LogP contribution is -2.27. The van der Waals surface area contributed by atoms with Crippen LogP contribution in [0.15, 0.2) is 116 Å². The SMILES string of the molecule is CC(C)(C)C#Cc1cccc2c1CCCN2c1nc2nncn2c2c(F)cccc12.CC(F)(F)C1(C#Cc2cccc3c2CCCN3c2nc3nnc(N)n3c3cccc(F)c23)CC1.Cc1nnc2nc(N3CCCc4c(C#CC5CC5)cccc43)c3cc(F)ccc3n12. The van der Waals surface area contributed by atoms with Gasteiger partial charge >= 0.3 is 0 Å². The van der Waals surface area contributed by atoms with Crippen LogP contribution in [0, 0.1) is 76.6 Å². The van der Waals surface area contributed by atoms with Crippen molar-refractivity contribution in [3.05, 3.63) is 172 Å².